The molecular formula is C12H26N2O2. The van der Waals surface area contributed by atoms with E-state index in [9.17, 15) is 0 Å². The fourth-order valence-electron chi connectivity index (χ4n) is 2.42. The number of rotatable bonds is 8. The molecule has 0 radical (unpaired) electrons. The lowest BCUT2D eigenvalue weighted by Gasteiger charge is -2.32. The Morgan fingerprint density at radius 1 is 1.56 bits per heavy atom. The Bertz CT molecular complexity index is 172. The Balaban J connectivity index is 2.42. The molecule has 4 nitrogen and oxygen atoms in total. The van der Waals surface area contributed by atoms with Gasteiger partial charge in [0.1, 0.15) is 0 Å². The molecule has 2 N–H and O–H groups in total. The first-order chi connectivity index (χ1) is 7.81. The summed E-state index contributed by atoms with van der Waals surface area (Å²) in [5, 5.41) is 12.6. The van der Waals surface area contributed by atoms with Gasteiger partial charge in [-0.1, -0.05) is 6.92 Å². The largest absolute Gasteiger partial charge is 0.395 e. The highest BCUT2D eigenvalue weighted by Crippen LogP contribution is 2.11. The lowest BCUT2D eigenvalue weighted by atomic mass is 10.1. The molecule has 1 aliphatic rings. The fraction of sp³-hybridized carbons (Fsp3) is 1.00. The van der Waals surface area contributed by atoms with Gasteiger partial charge in [0.05, 0.1) is 13.2 Å². The second-order valence-corrected chi connectivity index (χ2v) is 4.53. The van der Waals surface area contributed by atoms with Crippen molar-refractivity contribution in [2.45, 2.75) is 38.3 Å². The van der Waals surface area contributed by atoms with Crippen molar-refractivity contribution in [2.24, 2.45) is 0 Å². The number of aliphatic hydroxyl groups is 1. The summed E-state index contributed by atoms with van der Waals surface area (Å²) < 4.78 is 5.24. The van der Waals surface area contributed by atoms with Gasteiger partial charge in [0, 0.05) is 32.3 Å². The molecule has 1 aliphatic heterocycles. The van der Waals surface area contributed by atoms with Crippen LogP contribution in [-0.2, 0) is 4.74 Å². The Hall–Kier alpha value is -0.160. The van der Waals surface area contributed by atoms with Gasteiger partial charge < -0.3 is 15.2 Å². The van der Waals surface area contributed by atoms with Gasteiger partial charge in [-0.3, -0.25) is 4.90 Å². The lowest BCUT2D eigenvalue weighted by molar-refractivity contribution is 0.0691. The maximum atomic E-state index is 9.12. The minimum atomic E-state index is 0.229. The van der Waals surface area contributed by atoms with E-state index < -0.39 is 0 Å². The van der Waals surface area contributed by atoms with Crippen LogP contribution in [0.25, 0.3) is 0 Å². The van der Waals surface area contributed by atoms with Crippen molar-refractivity contribution in [1.29, 1.82) is 0 Å². The van der Waals surface area contributed by atoms with Crippen LogP contribution in [0.1, 0.15) is 26.2 Å². The predicted octanol–water partition coefficient (Wildman–Crippen LogP) is 0.458. The second-order valence-electron chi connectivity index (χ2n) is 4.53. The van der Waals surface area contributed by atoms with E-state index in [0.29, 0.717) is 12.1 Å². The van der Waals surface area contributed by atoms with Gasteiger partial charge >= 0.3 is 0 Å². The van der Waals surface area contributed by atoms with Crippen LogP contribution >= 0.6 is 0 Å². The van der Waals surface area contributed by atoms with Crippen LogP contribution in [0.5, 0.6) is 0 Å². The van der Waals surface area contributed by atoms with E-state index in [0.717, 1.165) is 32.7 Å². The number of nitrogens with one attached hydrogen (secondary N) is 1. The normalized spacial score (nSPS) is 22.9. The van der Waals surface area contributed by atoms with Crippen molar-refractivity contribution in [2.75, 3.05) is 40.0 Å². The molecule has 16 heavy (non-hydrogen) atoms. The van der Waals surface area contributed by atoms with Gasteiger partial charge in [-0.25, -0.2) is 0 Å². The fourth-order valence-corrected chi connectivity index (χ4v) is 2.42. The molecule has 4 heteroatoms. The number of methoxy groups -OCH3 is 1. The number of nitrogens with zero attached hydrogens (tertiary/aromatic N) is 1. The Morgan fingerprint density at radius 3 is 2.88 bits per heavy atom. The number of ether oxygens (including phenoxy) is 1. The summed E-state index contributed by atoms with van der Waals surface area (Å²) in [6, 6.07) is 1.03. The van der Waals surface area contributed by atoms with E-state index in [-0.39, 0.29) is 6.61 Å². The van der Waals surface area contributed by atoms with Crippen molar-refractivity contribution < 1.29 is 9.84 Å². The SMILES string of the molecule is CCC(COC)N(CCO)CC1CCCN1. The van der Waals surface area contributed by atoms with Crippen molar-refractivity contribution in [3.63, 3.8) is 0 Å². The number of aliphatic hydroxyl groups excluding tert-OH is 1. The van der Waals surface area contributed by atoms with Crippen LogP contribution in [-0.4, -0.2) is 62.0 Å². The van der Waals surface area contributed by atoms with Crippen LogP contribution in [0.4, 0.5) is 0 Å². The zero-order valence-corrected chi connectivity index (χ0v) is 10.6. The Kier molecular flexibility index (Phi) is 6.96. The third kappa shape index (κ3) is 4.37. The molecule has 0 aromatic rings. The molecule has 0 aromatic heterocycles. The van der Waals surface area contributed by atoms with Gasteiger partial charge in [0.15, 0.2) is 0 Å². The zero-order valence-electron chi connectivity index (χ0n) is 10.6. The summed E-state index contributed by atoms with van der Waals surface area (Å²) in [7, 11) is 1.74. The van der Waals surface area contributed by atoms with Gasteiger partial charge in [-0.2, -0.15) is 0 Å². The minimum Gasteiger partial charge on any atom is -0.395 e. The molecule has 1 rings (SSSR count). The molecule has 1 saturated heterocycles. The average Bonchev–Trinajstić information content (AvgIpc) is 2.78. The van der Waals surface area contributed by atoms with E-state index >= 15 is 0 Å². The first kappa shape index (κ1) is 13.9. The third-order valence-electron chi connectivity index (χ3n) is 3.35. The maximum absolute atomic E-state index is 9.12. The maximum Gasteiger partial charge on any atom is 0.0617 e. The molecule has 2 atom stereocenters. The molecule has 2 unspecified atom stereocenters. The van der Waals surface area contributed by atoms with E-state index in [4.69, 9.17) is 9.84 Å². The average molecular weight is 230 g/mol. The topological polar surface area (TPSA) is 44.7 Å². The molecule has 0 aromatic carbocycles. The van der Waals surface area contributed by atoms with Gasteiger partial charge in [0.2, 0.25) is 0 Å². The molecule has 0 amide bonds. The summed E-state index contributed by atoms with van der Waals surface area (Å²) in [5.74, 6) is 0. The Labute approximate surface area is 99.0 Å². The standard InChI is InChI=1S/C12H26N2O2/c1-3-12(10-16-2)14(7-8-15)9-11-5-4-6-13-11/h11-13,15H,3-10H2,1-2H3. The third-order valence-corrected chi connectivity index (χ3v) is 3.35. The quantitative estimate of drug-likeness (QED) is 0.636. The molecule has 1 fully saturated rings. The summed E-state index contributed by atoms with van der Waals surface area (Å²) >= 11 is 0. The molecule has 0 aliphatic carbocycles. The van der Waals surface area contributed by atoms with Crippen LogP contribution in [0.2, 0.25) is 0 Å². The van der Waals surface area contributed by atoms with Crippen molar-refractivity contribution in [3.05, 3.63) is 0 Å². The van der Waals surface area contributed by atoms with Crippen molar-refractivity contribution in [1.82, 2.24) is 10.2 Å². The first-order valence-electron chi connectivity index (χ1n) is 6.39. The van der Waals surface area contributed by atoms with Crippen LogP contribution in [0, 0.1) is 0 Å². The highest BCUT2D eigenvalue weighted by atomic mass is 16.5. The number of hydrogen-bond acceptors (Lipinski definition) is 4. The number of hydrogen-bond donors (Lipinski definition) is 2. The van der Waals surface area contributed by atoms with E-state index in [1.807, 2.05) is 0 Å². The lowest BCUT2D eigenvalue weighted by Crippen LogP contribution is -2.46. The van der Waals surface area contributed by atoms with Crippen LogP contribution < -0.4 is 5.32 Å². The summed E-state index contributed by atoms with van der Waals surface area (Å²) in [6.45, 7) is 6.08. The highest BCUT2D eigenvalue weighted by molar-refractivity contribution is 4.81. The summed E-state index contributed by atoms with van der Waals surface area (Å²) in [5.41, 5.74) is 0. The van der Waals surface area contributed by atoms with Gasteiger partial charge in [-0.15, -0.1) is 0 Å². The first-order valence-corrected chi connectivity index (χ1v) is 6.39. The van der Waals surface area contributed by atoms with Crippen molar-refractivity contribution >= 4 is 0 Å². The van der Waals surface area contributed by atoms with Crippen molar-refractivity contribution in [3.8, 4) is 0 Å². The monoisotopic (exact) mass is 230 g/mol. The van der Waals surface area contributed by atoms with Gasteiger partial charge in [0.25, 0.3) is 0 Å². The summed E-state index contributed by atoms with van der Waals surface area (Å²) in [6.07, 6.45) is 3.60. The zero-order chi connectivity index (χ0) is 11.8. The van der Waals surface area contributed by atoms with Gasteiger partial charge in [-0.05, 0) is 25.8 Å². The Morgan fingerprint density at radius 2 is 2.38 bits per heavy atom. The van der Waals surface area contributed by atoms with Crippen LogP contribution in [0.3, 0.4) is 0 Å². The summed E-state index contributed by atoms with van der Waals surface area (Å²) in [4.78, 5) is 2.35. The molecule has 0 bridgehead atoms. The predicted molar refractivity (Wildman–Crippen MR) is 65.6 cm³/mol. The highest BCUT2D eigenvalue weighted by Gasteiger charge is 2.22. The molecule has 0 saturated carbocycles. The molecule has 96 valence electrons. The second kappa shape index (κ2) is 8.01. The minimum absolute atomic E-state index is 0.229. The van der Waals surface area contributed by atoms with E-state index in [1.165, 1.54) is 12.8 Å². The van der Waals surface area contributed by atoms with E-state index in [2.05, 4.69) is 17.1 Å². The van der Waals surface area contributed by atoms with Crippen LogP contribution in [0.15, 0.2) is 0 Å². The van der Waals surface area contributed by atoms with E-state index in [1.54, 1.807) is 7.11 Å². The molecular weight excluding hydrogens is 204 g/mol. The molecule has 0 spiro atoms. The molecule has 1 heterocycles. The smallest absolute Gasteiger partial charge is 0.0617 e.